The summed E-state index contributed by atoms with van der Waals surface area (Å²) in [5.41, 5.74) is 6.00. The van der Waals surface area contributed by atoms with Gasteiger partial charge in [0, 0.05) is 5.69 Å². The van der Waals surface area contributed by atoms with Gasteiger partial charge in [-0.25, -0.2) is 8.42 Å². The van der Waals surface area contributed by atoms with Crippen molar-refractivity contribution in [2.24, 2.45) is 0 Å². The van der Waals surface area contributed by atoms with Gasteiger partial charge >= 0.3 is 0 Å². The van der Waals surface area contributed by atoms with Crippen molar-refractivity contribution in [1.82, 2.24) is 10.2 Å². The Morgan fingerprint density at radius 2 is 1.83 bits per heavy atom. The van der Waals surface area contributed by atoms with E-state index in [1.54, 1.807) is 6.92 Å². The van der Waals surface area contributed by atoms with Crippen molar-refractivity contribution in [2.75, 3.05) is 10.5 Å². The van der Waals surface area contributed by atoms with E-state index in [1.165, 1.54) is 35.6 Å². The number of rotatable bonds is 3. The number of halogens is 1. The van der Waals surface area contributed by atoms with E-state index in [9.17, 15) is 8.42 Å². The van der Waals surface area contributed by atoms with Crippen LogP contribution >= 0.6 is 23.7 Å². The third kappa shape index (κ3) is 3.31. The zero-order valence-corrected chi connectivity index (χ0v) is 11.8. The Hall–Kier alpha value is -1.38. The standard InChI is InChI=1S/C9H10N4O2S2.ClH/c1-6-11-12-9(16-6)13-17(14,15)8-4-2-7(10)3-5-8;/h2-5H,10H2,1H3,(H,12,13);1H. The fourth-order valence-corrected chi connectivity index (χ4v) is 2.98. The maximum Gasteiger partial charge on any atom is 0.263 e. The number of sulfonamides is 1. The predicted octanol–water partition coefficient (Wildman–Crippen LogP) is 1.65. The average Bonchev–Trinajstić information content (AvgIpc) is 2.63. The number of aryl methyl sites for hydroxylation is 1. The van der Waals surface area contributed by atoms with Gasteiger partial charge < -0.3 is 5.73 Å². The molecule has 1 heterocycles. The molecule has 0 spiro atoms. The van der Waals surface area contributed by atoms with E-state index >= 15 is 0 Å². The van der Waals surface area contributed by atoms with Gasteiger partial charge in [0.2, 0.25) is 5.13 Å². The highest BCUT2D eigenvalue weighted by atomic mass is 35.5. The molecule has 3 N–H and O–H groups in total. The van der Waals surface area contributed by atoms with Gasteiger partial charge in [-0.05, 0) is 31.2 Å². The van der Waals surface area contributed by atoms with Crippen LogP contribution in [-0.2, 0) is 10.0 Å². The lowest BCUT2D eigenvalue weighted by Gasteiger charge is -2.04. The van der Waals surface area contributed by atoms with Crippen LogP contribution in [0.3, 0.4) is 0 Å². The number of nitrogens with two attached hydrogens (primary N) is 1. The highest BCUT2D eigenvalue weighted by Crippen LogP contribution is 2.19. The van der Waals surface area contributed by atoms with Gasteiger partial charge in [0.1, 0.15) is 5.01 Å². The first kappa shape index (κ1) is 14.7. The lowest BCUT2D eigenvalue weighted by Crippen LogP contribution is -2.12. The largest absolute Gasteiger partial charge is 0.399 e. The molecule has 0 fully saturated rings. The van der Waals surface area contributed by atoms with Gasteiger partial charge in [-0.1, -0.05) is 11.3 Å². The highest BCUT2D eigenvalue weighted by Gasteiger charge is 2.15. The third-order valence-electron chi connectivity index (χ3n) is 1.94. The summed E-state index contributed by atoms with van der Waals surface area (Å²) in [5.74, 6) is 0. The maximum atomic E-state index is 11.9. The molecule has 0 aliphatic heterocycles. The zero-order valence-electron chi connectivity index (χ0n) is 9.32. The van der Waals surface area contributed by atoms with Crippen LogP contribution in [0.2, 0.25) is 0 Å². The topological polar surface area (TPSA) is 98.0 Å². The fraction of sp³-hybridized carbons (Fsp3) is 0.111. The zero-order chi connectivity index (χ0) is 12.5. The molecule has 0 radical (unpaired) electrons. The number of benzene rings is 1. The van der Waals surface area contributed by atoms with E-state index in [1.807, 2.05) is 0 Å². The van der Waals surface area contributed by atoms with Gasteiger partial charge in [-0.15, -0.1) is 22.6 Å². The molecule has 9 heteroatoms. The molecule has 0 aliphatic rings. The normalized spacial score (nSPS) is 10.7. The van der Waals surface area contributed by atoms with Crippen LogP contribution in [0.4, 0.5) is 10.8 Å². The first-order chi connectivity index (χ1) is 7.97. The van der Waals surface area contributed by atoms with Crippen LogP contribution in [0.1, 0.15) is 5.01 Å². The number of anilines is 2. The van der Waals surface area contributed by atoms with Crippen LogP contribution in [0.15, 0.2) is 29.2 Å². The van der Waals surface area contributed by atoms with E-state index in [4.69, 9.17) is 5.73 Å². The smallest absolute Gasteiger partial charge is 0.263 e. The van der Waals surface area contributed by atoms with E-state index < -0.39 is 10.0 Å². The Morgan fingerprint density at radius 3 is 2.33 bits per heavy atom. The summed E-state index contributed by atoms with van der Waals surface area (Å²) in [6.07, 6.45) is 0. The van der Waals surface area contributed by atoms with Crippen molar-refractivity contribution >= 4 is 44.6 Å². The summed E-state index contributed by atoms with van der Waals surface area (Å²) >= 11 is 1.18. The minimum Gasteiger partial charge on any atom is -0.399 e. The molecule has 18 heavy (non-hydrogen) atoms. The monoisotopic (exact) mass is 306 g/mol. The quantitative estimate of drug-likeness (QED) is 0.840. The van der Waals surface area contributed by atoms with Gasteiger partial charge in [-0.3, -0.25) is 4.72 Å². The minimum atomic E-state index is -3.61. The second kappa shape index (κ2) is 5.51. The Morgan fingerprint density at radius 1 is 1.22 bits per heavy atom. The van der Waals surface area contributed by atoms with Crippen molar-refractivity contribution in [2.45, 2.75) is 11.8 Å². The third-order valence-corrected chi connectivity index (χ3v) is 4.18. The van der Waals surface area contributed by atoms with Crippen LogP contribution < -0.4 is 10.5 Å². The Kier molecular flexibility index (Phi) is 4.49. The summed E-state index contributed by atoms with van der Waals surface area (Å²) in [7, 11) is -3.61. The lowest BCUT2D eigenvalue weighted by atomic mass is 10.3. The molecule has 2 rings (SSSR count). The van der Waals surface area contributed by atoms with Crippen molar-refractivity contribution in [3.8, 4) is 0 Å². The van der Waals surface area contributed by atoms with Crippen molar-refractivity contribution in [1.29, 1.82) is 0 Å². The van der Waals surface area contributed by atoms with Crippen LogP contribution in [0, 0.1) is 6.92 Å². The SMILES string of the molecule is Cc1nnc(NS(=O)(=O)c2ccc(N)cc2)s1.Cl. The predicted molar refractivity (Wildman–Crippen MR) is 73.6 cm³/mol. The average molecular weight is 307 g/mol. The van der Waals surface area contributed by atoms with Gasteiger partial charge in [-0.2, -0.15) is 0 Å². The van der Waals surface area contributed by atoms with Crippen molar-refractivity contribution in [3.63, 3.8) is 0 Å². The molecule has 0 bridgehead atoms. The first-order valence-corrected chi connectivity index (χ1v) is 6.96. The van der Waals surface area contributed by atoms with E-state index in [2.05, 4.69) is 14.9 Å². The summed E-state index contributed by atoms with van der Waals surface area (Å²) in [6.45, 7) is 1.75. The highest BCUT2D eigenvalue weighted by molar-refractivity contribution is 7.93. The van der Waals surface area contributed by atoms with Gasteiger partial charge in [0.05, 0.1) is 4.90 Å². The van der Waals surface area contributed by atoms with Crippen molar-refractivity contribution < 1.29 is 8.42 Å². The molecule has 1 aromatic heterocycles. The number of nitrogen functional groups attached to an aromatic ring is 1. The number of nitrogens with zero attached hydrogens (tertiary/aromatic N) is 2. The molecule has 2 aromatic rings. The molecule has 0 unspecified atom stereocenters. The number of nitrogens with one attached hydrogen (secondary N) is 1. The molecular formula is C9H11ClN4O2S2. The minimum absolute atomic E-state index is 0. The molecule has 6 nitrogen and oxygen atoms in total. The summed E-state index contributed by atoms with van der Waals surface area (Å²) in [5, 5.41) is 8.37. The second-order valence-electron chi connectivity index (χ2n) is 3.30. The fourth-order valence-electron chi connectivity index (χ4n) is 1.16. The second-order valence-corrected chi connectivity index (χ2v) is 6.16. The van der Waals surface area contributed by atoms with Gasteiger partial charge in [0.15, 0.2) is 0 Å². The molecule has 0 aliphatic carbocycles. The summed E-state index contributed by atoms with van der Waals surface area (Å²) in [4.78, 5) is 0.138. The molecule has 0 atom stereocenters. The molecule has 1 aromatic carbocycles. The lowest BCUT2D eigenvalue weighted by molar-refractivity contribution is 0.601. The molecular weight excluding hydrogens is 296 g/mol. The molecule has 0 amide bonds. The van der Waals surface area contributed by atoms with Crippen molar-refractivity contribution in [3.05, 3.63) is 29.3 Å². The first-order valence-electron chi connectivity index (χ1n) is 4.66. The maximum absolute atomic E-state index is 11.9. The number of aromatic nitrogens is 2. The Bertz CT molecular complexity index is 624. The molecule has 0 saturated carbocycles. The van der Waals surface area contributed by atoms with Crippen LogP contribution in [-0.4, -0.2) is 18.6 Å². The van der Waals surface area contributed by atoms with E-state index in [0.717, 1.165) is 0 Å². The Labute approximate surface area is 115 Å². The number of hydrogen-bond acceptors (Lipinski definition) is 6. The van der Waals surface area contributed by atoms with E-state index in [-0.39, 0.29) is 22.4 Å². The Balaban J connectivity index is 0.00000162. The summed E-state index contributed by atoms with van der Waals surface area (Å²) < 4.78 is 26.2. The summed E-state index contributed by atoms with van der Waals surface area (Å²) in [6, 6.07) is 5.93. The van der Waals surface area contributed by atoms with E-state index in [0.29, 0.717) is 10.7 Å². The van der Waals surface area contributed by atoms with Gasteiger partial charge in [0.25, 0.3) is 10.0 Å². The van der Waals surface area contributed by atoms with Crippen LogP contribution in [0.25, 0.3) is 0 Å². The molecule has 0 saturated heterocycles. The molecule has 98 valence electrons. The van der Waals surface area contributed by atoms with Crippen LogP contribution in [0.5, 0.6) is 0 Å². The number of hydrogen-bond donors (Lipinski definition) is 2.